The van der Waals surface area contributed by atoms with E-state index in [2.05, 4.69) is 9.97 Å². The van der Waals surface area contributed by atoms with Gasteiger partial charge in [-0.15, -0.1) is 11.8 Å². The number of carbonyl (C=O) groups is 1. The largest absolute Gasteiger partial charge is 0.487 e. The molecule has 1 aliphatic heterocycles. The SMILES string of the molecule is NC(=O)CCSC1c2cc(/C=C/c3ccc4cc(F)c(F)cc4n3)ccc2OCc2ncccc21. The Hall–Kier alpha value is -3.78. The van der Waals surface area contributed by atoms with Gasteiger partial charge in [-0.1, -0.05) is 24.3 Å². The lowest BCUT2D eigenvalue weighted by atomic mass is 10.0. The summed E-state index contributed by atoms with van der Waals surface area (Å²) in [6.07, 6.45) is 5.76. The summed E-state index contributed by atoms with van der Waals surface area (Å²) in [5, 5.41) is 0.465. The zero-order valence-electron chi connectivity index (χ0n) is 18.6. The van der Waals surface area contributed by atoms with E-state index in [-0.39, 0.29) is 17.6 Å². The van der Waals surface area contributed by atoms with E-state index < -0.39 is 11.6 Å². The summed E-state index contributed by atoms with van der Waals surface area (Å²) in [4.78, 5) is 20.2. The molecule has 2 N–H and O–H groups in total. The number of hydrogen-bond donors (Lipinski definition) is 1. The summed E-state index contributed by atoms with van der Waals surface area (Å²) in [6, 6.07) is 15.6. The molecule has 0 saturated carbocycles. The number of amides is 1. The molecular formula is C27H21F2N3O2S. The van der Waals surface area contributed by atoms with Crippen molar-refractivity contribution in [3.8, 4) is 5.75 Å². The first-order chi connectivity index (χ1) is 17.0. The van der Waals surface area contributed by atoms with Crippen molar-refractivity contribution in [3.63, 3.8) is 0 Å². The van der Waals surface area contributed by atoms with Crippen molar-refractivity contribution >= 4 is 40.7 Å². The number of ether oxygens (including phenoxy) is 1. The lowest BCUT2D eigenvalue weighted by Crippen LogP contribution is -2.12. The van der Waals surface area contributed by atoms with Crippen molar-refractivity contribution in [2.75, 3.05) is 5.75 Å². The predicted molar refractivity (Wildman–Crippen MR) is 134 cm³/mol. The summed E-state index contributed by atoms with van der Waals surface area (Å²) >= 11 is 1.63. The van der Waals surface area contributed by atoms with Crippen molar-refractivity contribution < 1.29 is 18.3 Å². The Morgan fingerprint density at radius 3 is 2.80 bits per heavy atom. The monoisotopic (exact) mass is 489 g/mol. The number of fused-ring (bicyclic) bond motifs is 3. The third-order valence-corrected chi connectivity index (χ3v) is 7.00. The number of nitrogens with two attached hydrogens (primary N) is 1. The van der Waals surface area contributed by atoms with Gasteiger partial charge in [-0.05, 0) is 47.5 Å². The average Bonchev–Trinajstić information content (AvgIpc) is 3.00. The predicted octanol–water partition coefficient (Wildman–Crippen LogP) is 5.67. The molecule has 1 amide bonds. The first-order valence-electron chi connectivity index (χ1n) is 11.0. The van der Waals surface area contributed by atoms with E-state index in [0.29, 0.717) is 29.0 Å². The molecule has 35 heavy (non-hydrogen) atoms. The Kier molecular flexibility index (Phi) is 6.46. The lowest BCUT2D eigenvalue weighted by molar-refractivity contribution is -0.117. The smallest absolute Gasteiger partial charge is 0.218 e. The van der Waals surface area contributed by atoms with E-state index in [1.807, 2.05) is 42.5 Å². The van der Waals surface area contributed by atoms with Gasteiger partial charge in [0.25, 0.3) is 0 Å². The first-order valence-corrected chi connectivity index (χ1v) is 12.1. The Balaban J connectivity index is 1.47. The van der Waals surface area contributed by atoms with Crippen LogP contribution in [0.3, 0.4) is 0 Å². The van der Waals surface area contributed by atoms with Gasteiger partial charge in [0.2, 0.25) is 5.91 Å². The van der Waals surface area contributed by atoms with Crippen molar-refractivity contribution in [2.24, 2.45) is 5.73 Å². The van der Waals surface area contributed by atoms with Crippen LogP contribution in [0.1, 0.15) is 39.7 Å². The third kappa shape index (κ3) is 5.02. The number of thioether (sulfide) groups is 1. The van der Waals surface area contributed by atoms with Crippen LogP contribution in [0.25, 0.3) is 23.1 Å². The second-order valence-corrected chi connectivity index (χ2v) is 9.33. The fourth-order valence-corrected chi connectivity index (χ4v) is 5.31. The highest BCUT2D eigenvalue weighted by atomic mass is 32.2. The minimum Gasteiger partial charge on any atom is -0.487 e. The second-order valence-electron chi connectivity index (χ2n) is 8.12. The van der Waals surface area contributed by atoms with Gasteiger partial charge in [0.1, 0.15) is 12.4 Å². The molecule has 0 fully saturated rings. The normalized spacial score (nSPS) is 14.9. The van der Waals surface area contributed by atoms with Crippen LogP contribution in [0.2, 0.25) is 0 Å². The molecule has 3 heterocycles. The van der Waals surface area contributed by atoms with Gasteiger partial charge in [-0.25, -0.2) is 13.8 Å². The van der Waals surface area contributed by atoms with Crippen LogP contribution in [0.15, 0.2) is 60.8 Å². The highest BCUT2D eigenvalue weighted by Crippen LogP contribution is 2.44. The molecule has 0 bridgehead atoms. The molecule has 2 aromatic carbocycles. The Bertz CT molecular complexity index is 1460. The topological polar surface area (TPSA) is 78.1 Å². The van der Waals surface area contributed by atoms with Crippen LogP contribution in [-0.2, 0) is 11.4 Å². The summed E-state index contributed by atoms with van der Waals surface area (Å²) in [6.45, 7) is 0.364. The van der Waals surface area contributed by atoms with Gasteiger partial charge in [0.15, 0.2) is 11.6 Å². The standard InChI is InChI=1S/C27H21F2N3O2S/c28-21-13-17-5-7-18(32-23(17)14-22(21)29)6-3-16-4-8-25-20(12-16)27(35-11-9-26(30)33)19-2-1-10-31-24(19)15-34-25/h1-8,10,12-14,27H,9,11,15H2,(H2,30,33)/b6-3+. The van der Waals surface area contributed by atoms with E-state index in [0.717, 1.165) is 40.3 Å². The Morgan fingerprint density at radius 1 is 1.09 bits per heavy atom. The van der Waals surface area contributed by atoms with Crippen molar-refractivity contribution in [1.29, 1.82) is 0 Å². The van der Waals surface area contributed by atoms with Crippen molar-refractivity contribution in [3.05, 3.63) is 101 Å². The highest BCUT2D eigenvalue weighted by molar-refractivity contribution is 7.99. The molecule has 5 nitrogen and oxygen atoms in total. The van der Waals surface area contributed by atoms with Gasteiger partial charge in [-0.2, -0.15) is 0 Å². The number of nitrogens with zero attached hydrogens (tertiary/aromatic N) is 2. The van der Waals surface area contributed by atoms with Crippen molar-refractivity contribution in [2.45, 2.75) is 18.3 Å². The van der Waals surface area contributed by atoms with Gasteiger partial charge in [-0.3, -0.25) is 9.78 Å². The number of primary amides is 1. The number of halogens is 2. The minimum atomic E-state index is -0.925. The minimum absolute atomic E-state index is 0.0689. The fourth-order valence-electron chi connectivity index (χ4n) is 4.00. The fraction of sp³-hybridized carbons (Fsp3) is 0.148. The zero-order chi connectivity index (χ0) is 24.4. The average molecular weight is 490 g/mol. The molecule has 0 radical (unpaired) electrons. The molecule has 0 saturated heterocycles. The van der Waals surface area contributed by atoms with E-state index >= 15 is 0 Å². The molecule has 2 aromatic heterocycles. The molecule has 0 aliphatic carbocycles. The number of aromatic nitrogens is 2. The molecule has 4 aromatic rings. The maximum Gasteiger partial charge on any atom is 0.218 e. The molecule has 8 heteroatoms. The molecule has 0 spiro atoms. The van der Waals surface area contributed by atoms with E-state index in [1.54, 1.807) is 30.1 Å². The van der Waals surface area contributed by atoms with Crippen LogP contribution in [0, 0.1) is 11.6 Å². The first kappa shape index (κ1) is 23.0. The molecular weight excluding hydrogens is 468 g/mol. The van der Waals surface area contributed by atoms with Crippen LogP contribution >= 0.6 is 11.8 Å². The van der Waals surface area contributed by atoms with Gasteiger partial charge >= 0.3 is 0 Å². The summed E-state index contributed by atoms with van der Waals surface area (Å²) in [5.41, 5.74) is 10.2. The number of hydrogen-bond acceptors (Lipinski definition) is 5. The quantitative estimate of drug-likeness (QED) is 0.378. The zero-order valence-corrected chi connectivity index (χ0v) is 19.4. The maximum absolute atomic E-state index is 13.6. The molecule has 1 aliphatic rings. The van der Waals surface area contributed by atoms with Gasteiger partial charge < -0.3 is 10.5 Å². The summed E-state index contributed by atoms with van der Waals surface area (Å²) in [5.74, 6) is -0.818. The number of pyridine rings is 2. The van der Waals surface area contributed by atoms with Crippen LogP contribution in [0.4, 0.5) is 8.78 Å². The van der Waals surface area contributed by atoms with Crippen LogP contribution in [0.5, 0.6) is 5.75 Å². The number of carbonyl (C=O) groups excluding carboxylic acids is 1. The lowest BCUT2D eigenvalue weighted by Gasteiger charge is -2.18. The maximum atomic E-state index is 13.6. The highest BCUT2D eigenvalue weighted by Gasteiger charge is 2.26. The van der Waals surface area contributed by atoms with Crippen molar-refractivity contribution in [1.82, 2.24) is 9.97 Å². The Labute approximate surface area is 205 Å². The van der Waals surface area contributed by atoms with E-state index in [1.165, 1.54) is 0 Å². The second kappa shape index (κ2) is 9.84. The summed E-state index contributed by atoms with van der Waals surface area (Å²) in [7, 11) is 0. The molecule has 1 unspecified atom stereocenters. The molecule has 1 atom stereocenters. The number of rotatable bonds is 6. The van der Waals surface area contributed by atoms with E-state index in [9.17, 15) is 13.6 Å². The van der Waals surface area contributed by atoms with Gasteiger partial charge in [0, 0.05) is 35.4 Å². The Morgan fingerprint density at radius 2 is 1.94 bits per heavy atom. The van der Waals surface area contributed by atoms with Crippen LogP contribution in [-0.4, -0.2) is 21.6 Å². The molecule has 5 rings (SSSR count). The number of benzene rings is 2. The summed E-state index contributed by atoms with van der Waals surface area (Å²) < 4.78 is 33.1. The van der Waals surface area contributed by atoms with Gasteiger partial charge in [0.05, 0.1) is 22.2 Å². The van der Waals surface area contributed by atoms with E-state index in [4.69, 9.17) is 10.5 Å². The van der Waals surface area contributed by atoms with Crippen LogP contribution < -0.4 is 10.5 Å². The third-order valence-electron chi connectivity index (χ3n) is 5.72. The molecule has 176 valence electrons.